The van der Waals surface area contributed by atoms with E-state index in [2.05, 4.69) is 19.9 Å². The number of aliphatic imine (C=N–C) groups is 1. The van der Waals surface area contributed by atoms with Gasteiger partial charge in [0.1, 0.15) is 9.79 Å². The van der Waals surface area contributed by atoms with Crippen LogP contribution in [0.3, 0.4) is 0 Å². The summed E-state index contributed by atoms with van der Waals surface area (Å²) in [4.78, 5) is 4.74. The van der Waals surface area contributed by atoms with Crippen LogP contribution in [0, 0.1) is 5.92 Å². The second-order valence-electron chi connectivity index (χ2n) is 8.11. The molecule has 2 aliphatic rings. The third-order valence-corrected chi connectivity index (χ3v) is 8.41. The van der Waals surface area contributed by atoms with Gasteiger partial charge in [0.05, 0.1) is 18.3 Å². The Morgan fingerprint density at radius 3 is 2.41 bits per heavy atom. The van der Waals surface area contributed by atoms with E-state index in [-0.39, 0.29) is 43.2 Å². The molecule has 0 radical (unpaired) electrons. The van der Waals surface area contributed by atoms with Crippen molar-refractivity contribution in [2.75, 3.05) is 44.4 Å². The predicted molar refractivity (Wildman–Crippen MR) is 124 cm³/mol. The van der Waals surface area contributed by atoms with Gasteiger partial charge in [0, 0.05) is 37.9 Å². The molecule has 1 fully saturated rings. The maximum absolute atomic E-state index is 13.0. The van der Waals surface area contributed by atoms with Gasteiger partial charge in [0.25, 0.3) is 0 Å². The molecule has 3 rings (SSSR count). The van der Waals surface area contributed by atoms with Crippen LogP contribution < -0.4 is 26.2 Å². The zero-order valence-corrected chi connectivity index (χ0v) is 20.0. The molecule has 34 heavy (non-hydrogen) atoms. The molecule has 1 saturated heterocycles. The Bertz CT molecular complexity index is 1160. The number of amidine groups is 1. The summed E-state index contributed by atoms with van der Waals surface area (Å²) >= 11 is 0. The maximum Gasteiger partial charge on any atom is 0.242 e. The smallest absolute Gasteiger partial charge is 0.242 e. The fourth-order valence-corrected chi connectivity index (χ4v) is 6.64. The molecular weight excluding hydrogens is 488 g/mol. The molecule has 1 unspecified atom stereocenters. The zero-order valence-electron chi connectivity index (χ0n) is 18.4. The average molecular weight is 519 g/mol. The minimum absolute atomic E-state index is 0.0375. The molecule has 0 amide bonds. The van der Waals surface area contributed by atoms with E-state index in [1.54, 1.807) is 0 Å². The van der Waals surface area contributed by atoms with Crippen molar-refractivity contribution in [2.24, 2.45) is 37.7 Å². The molecule has 2 atom stereocenters. The Balaban J connectivity index is 2.12. The van der Waals surface area contributed by atoms with Crippen molar-refractivity contribution < 1.29 is 27.0 Å². The van der Waals surface area contributed by atoms with Crippen molar-refractivity contribution in [3.63, 3.8) is 0 Å². The third kappa shape index (κ3) is 5.77. The Morgan fingerprint density at radius 2 is 1.88 bits per heavy atom. The van der Waals surface area contributed by atoms with Gasteiger partial charge in [0.15, 0.2) is 12.5 Å². The van der Waals surface area contributed by atoms with Crippen LogP contribution in [0.15, 0.2) is 37.1 Å². The number of aliphatic hydroxyl groups excluding tert-OH is 2. The number of azo groups is 1. The molecule has 16 heteroatoms. The number of hydrogen-bond acceptors (Lipinski definition) is 12. The highest BCUT2D eigenvalue weighted by molar-refractivity contribution is 7.92. The van der Waals surface area contributed by atoms with Gasteiger partial charge in [0.2, 0.25) is 20.0 Å². The number of nitrogens with two attached hydrogens (primary N) is 3. The van der Waals surface area contributed by atoms with Crippen molar-refractivity contribution in [3.05, 3.63) is 17.7 Å². The fourth-order valence-electron chi connectivity index (χ4n) is 3.97. The Hall–Kier alpha value is -2.05. The van der Waals surface area contributed by atoms with Crippen LogP contribution in [0.4, 0.5) is 5.69 Å². The van der Waals surface area contributed by atoms with Gasteiger partial charge < -0.3 is 26.6 Å². The molecule has 2 aliphatic heterocycles. The van der Waals surface area contributed by atoms with E-state index in [1.165, 1.54) is 6.07 Å². The van der Waals surface area contributed by atoms with Gasteiger partial charge in [-0.3, -0.25) is 0 Å². The number of piperidine rings is 1. The van der Waals surface area contributed by atoms with Crippen molar-refractivity contribution in [1.82, 2.24) is 4.72 Å². The first-order valence-corrected chi connectivity index (χ1v) is 13.6. The van der Waals surface area contributed by atoms with Crippen LogP contribution in [0.1, 0.15) is 18.4 Å². The van der Waals surface area contributed by atoms with Crippen molar-refractivity contribution in [1.29, 1.82) is 0 Å². The highest BCUT2D eigenvalue weighted by atomic mass is 32.2. The number of nitrogens with zero attached hydrogens (tertiary/aromatic N) is 4. The molecule has 0 saturated carbocycles. The van der Waals surface area contributed by atoms with Crippen molar-refractivity contribution in [2.45, 2.75) is 34.8 Å². The predicted octanol–water partition coefficient (Wildman–Crippen LogP) is -2.36. The van der Waals surface area contributed by atoms with Crippen LogP contribution in [0.25, 0.3) is 0 Å². The Labute approximate surface area is 198 Å². The normalized spacial score (nSPS) is 19.3. The maximum atomic E-state index is 13.0. The molecule has 1 aromatic rings. The second-order valence-corrected chi connectivity index (χ2v) is 11.3. The lowest BCUT2D eigenvalue weighted by Gasteiger charge is -2.36. The zero-order chi connectivity index (χ0) is 25.1. The highest BCUT2D eigenvalue weighted by Crippen LogP contribution is 2.36. The number of nitrogens with one attached hydrogen (secondary N) is 1. The SMILES string of the molecule is NC[C@@H](O)CNS(=O)(=O)c1ccc(N2CCC(C(N)CO)CC2)c(C2=NCN=N2)c1S(N)(=O)=O. The van der Waals surface area contributed by atoms with Crippen molar-refractivity contribution >= 4 is 31.6 Å². The highest BCUT2D eigenvalue weighted by Gasteiger charge is 2.35. The summed E-state index contributed by atoms with van der Waals surface area (Å²) in [7, 11) is -9.00. The Morgan fingerprint density at radius 1 is 1.21 bits per heavy atom. The van der Waals surface area contributed by atoms with Gasteiger partial charge in [-0.25, -0.2) is 31.7 Å². The quantitative estimate of drug-likeness (QED) is 0.194. The van der Waals surface area contributed by atoms with E-state index in [0.29, 0.717) is 31.6 Å². The van der Waals surface area contributed by atoms with Gasteiger partial charge in [-0.2, -0.15) is 5.11 Å². The molecule has 0 spiro atoms. The summed E-state index contributed by atoms with van der Waals surface area (Å²) in [6.45, 7) is 0.173. The fraction of sp³-hybridized carbons (Fsp3) is 0.611. The third-order valence-electron chi connectivity index (χ3n) is 5.82. The summed E-state index contributed by atoms with van der Waals surface area (Å²) < 4.78 is 53.6. The first-order chi connectivity index (χ1) is 16.0. The number of sulfonamides is 2. The van der Waals surface area contributed by atoms with E-state index in [1.807, 2.05) is 4.90 Å². The van der Waals surface area contributed by atoms with E-state index < -0.39 is 42.5 Å². The topological polar surface area (TPSA) is 239 Å². The molecule has 0 bridgehead atoms. The summed E-state index contributed by atoms with van der Waals surface area (Å²) in [6.07, 6.45) is 0.114. The van der Waals surface area contributed by atoms with E-state index in [0.717, 1.165) is 6.07 Å². The molecule has 2 heterocycles. The van der Waals surface area contributed by atoms with Gasteiger partial charge in [-0.05, 0) is 30.9 Å². The number of primary sulfonamides is 1. The summed E-state index contributed by atoms with van der Waals surface area (Å²) in [5.41, 5.74) is 11.6. The molecule has 0 aliphatic carbocycles. The Kier molecular flexibility index (Phi) is 8.35. The van der Waals surface area contributed by atoms with E-state index >= 15 is 0 Å². The summed E-state index contributed by atoms with van der Waals surface area (Å²) in [6, 6.07) is 2.26. The molecule has 9 N–H and O–H groups in total. The largest absolute Gasteiger partial charge is 0.395 e. The summed E-state index contributed by atoms with van der Waals surface area (Å²) in [5.74, 6) is 0.0380. The van der Waals surface area contributed by atoms with Crippen LogP contribution in [-0.4, -0.2) is 84.5 Å². The molecule has 1 aromatic carbocycles. The minimum Gasteiger partial charge on any atom is -0.395 e. The number of rotatable bonds is 10. The van der Waals surface area contributed by atoms with Crippen LogP contribution in [-0.2, 0) is 20.0 Å². The lowest BCUT2D eigenvalue weighted by atomic mass is 9.90. The standard InChI is InChI=1S/C18H30N8O6S2/c19-7-12(28)8-24-34(31,32)15-2-1-14(26-5-3-11(4-6-26)13(20)9-27)16(17(15)33(21,29)30)18-22-10-23-25-18/h1-2,11-13,24,27-28H,3-10,19-20H2,(H2,21,29,30)/t12-,13?/m1/s1. The minimum atomic E-state index is -4.59. The first-order valence-electron chi connectivity index (χ1n) is 10.6. The lowest BCUT2D eigenvalue weighted by Crippen LogP contribution is -2.43. The van der Waals surface area contributed by atoms with Gasteiger partial charge in [-0.1, -0.05) is 0 Å². The molecule has 14 nitrogen and oxygen atoms in total. The van der Waals surface area contributed by atoms with Gasteiger partial charge >= 0.3 is 0 Å². The number of hydrogen-bond donors (Lipinski definition) is 6. The van der Waals surface area contributed by atoms with Crippen molar-refractivity contribution in [3.8, 4) is 0 Å². The number of anilines is 1. The summed E-state index contributed by atoms with van der Waals surface area (Å²) in [5, 5.41) is 32.2. The second kappa shape index (κ2) is 10.7. The van der Waals surface area contributed by atoms with Gasteiger partial charge in [-0.15, -0.1) is 5.11 Å². The molecular formula is C18H30N8O6S2. The van der Waals surface area contributed by atoms with E-state index in [4.69, 9.17) is 16.6 Å². The molecule has 0 aromatic heterocycles. The lowest BCUT2D eigenvalue weighted by molar-refractivity contribution is 0.186. The van der Waals surface area contributed by atoms with Crippen LogP contribution >= 0.6 is 0 Å². The van der Waals surface area contributed by atoms with Crippen LogP contribution in [0.2, 0.25) is 0 Å². The van der Waals surface area contributed by atoms with Crippen LogP contribution in [0.5, 0.6) is 0 Å². The molecule has 190 valence electrons. The number of aliphatic hydroxyl groups is 2. The first kappa shape index (κ1) is 26.6. The average Bonchev–Trinajstić information content (AvgIpc) is 3.35. The monoisotopic (exact) mass is 518 g/mol. The number of benzene rings is 1. The van der Waals surface area contributed by atoms with E-state index in [9.17, 15) is 27.0 Å².